The fourth-order valence-corrected chi connectivity index (χ4v) is 4.26. The van der Waals surface area contributed by atoms with E-state index in [0.29, 0.717) is 25.1 Å². The van der Waals surface area contributed by atoms with Gasteiger partial charge in [0, 0.05) is 18.0 Å². The summed E-state index contributed by atoms with van der Waals surface area (Å²) in [5, 5.41) is 26.9. The molecule has 3 N–H and O–H groups in total. The van der Waals surface area contributed by atoms with Crippen LogP contribution in [-0.2, 0) is 16.0 Å². The van der Waals surface area contributed by atoms with Gasteiger partial charge in [0.25, 0.3) is 0 Å². The van der Waals surface area contributed by atoms with Crippen LogP contribution in [0.2, 0.25) is 0 Å². The molecule has 0 spiro atoms. The molecule has 0 fully saturated rings. The number of tetrazole rings is 1. The van der Waals surface area contributed by atoms with Crippen molar-refractivity contribution in [2.75, 3.05) is 6.54 Å². The fraction of sp³-hybridized carbons (Fsp3) is 0.423. The Hall–Kier alpha value is -3.55. The summed E-state index contributed by atoms with van der Waals surface area (Å²) in [6.45, 7) is 5.91. The van der Waals surface area contributed by atoms with Gasteiger partial charge in [0.1, 0.15) is 0 Å². The van der Waals surface area contributed by atoms with E-state index in [9.17, 15) is 14.7 Å². The summed E-state index contributed by atoms with van der Waals surface area (Å²) in [6, 6.07) is 16.0. The van der Waals surface area contributed by atoms with E-state index in [-0.39, 0.29) is 18.4 Å². The van der Waals surface area contributed by atoms with Crippen LogP contribution in [0.1, 0.15) is 52.0 Å². The minimum Gasteiger partial charge on any atom is -0.481 e. The summed E-state index contributed by atoms with van der Waals surface area (Å²) in [7, 11) is 0. The highest BCUT2D eigenvalue weighted by Crippen LogP contribution is 2.30. The third-order valence-electron chi connectivity index (χ3n) is 6.68. The van der Waals surface area contributed by atoms with Crippen molar-refractivity contribution in [1.82, 2.24) is 25.9 Å². The van der Waals surface area contributed by atoms with Crippen LogP contribution in [0.3, 0.4) is 0 Å². The van der Waals surface area contributed by atoms with Gasteiger partial charge in [-0.25, -0.2) is 0 Å². The standard InChI is InChI=1S/C26H33N5O3/c1-4-9-20(24(32)27-17-26(5-2,6-3)25(33)34)16-18-12-14-19(15-13-18)21-10-7-8-11-22(21)23-28-30-31-29-23/h7-8,10-15,20H,4-6,9,16-17H2,1-3H3,(H,27,32)(H,33,34)(H,28,29,30,31). The quantitative estimate of drug-likeness (QED) is 0.364. The van der Waals surface area contributed by atoms with Crippen LogP contribution in [0.15, 0.2) is 48.5 Å². The molecule has 1 heterocycles. The number of carboxylic acid groups (broad SMARTS) is 1. The highest BCUT2D eigenvalue weighted by molar-refractivity contribution is 5.82. The molecule has 0 aliphatic carbocycles. The van der Waals surface area contributed by atoms with Crippen molar-refractivity contribution in [2.45, 2.75) is 52.9 Å². The Morgan fingerprint density at radius 2 is 1.71 bits per heavy atom. The van der Waals surface area contributed by atoms with Crippen molar-refractivity contribution < 1.29 is 14.7 Å². The first kappa shape index (κ1) is 25.1. The summed E-state index contributed by atoms with van der Waals surface area (Å²) in [5.41, 5.74) is 3.06. The molecule has 0 radical (unpaired) electrons. The number of hydrogen-bond acceptors (Lipinski definition) is 5. The van der Waals surface area contributed by atoms with E-state index in [2.05, 4.69) is 32.9 Å². The van der Waals surface area contributed by atoms with Crippen molar-refractivity contribution in [3.05, 3.63) is 54.1 Å². The van der Waals surface area contributed by atoms with Crippen LogP contribution in [0.4, 0.5) is 0 Å². The molecule has 2 aromatic carbocycles. The first-order valence-electron chi connectivity index (χ1n) is 11.9. The SMILES string of the molecule is CCCC(Cc1ccc(-c2ccccc2-c2nn[nH]n2)cc1)C(=O)NCC(CC)(CC)C(=O)O. The number of H-pyrrole nitrogens is 1. The molecule has 1 unspecified atom stereocenters. The van der Waals surface area contributed by atoms with E-state index < -0.39 is 11.4 Å². The van der Waals surface area contributed by atoms with E-state index in [1.807, 2.05) is 62.4 Å². The summed E-state index contributed by atoms with van der Waals surface area (Å²) >= 11 is 0. The number of aliphatic carboxylic acids is 1. The number of rotatable bonds is 12. The molecule has 8 nitrogen and oxygen atoms in total. The molecule has 1 atom stereocenters. The van der Waals surface area contributed by atoms with Crippen LogP contribution in [0, 0.1) is 11.3 Å². The van der Waals surface area contributed by atoms with Crippen molar-refractivity contribution in [2.24, 2.45) is 11.3 Å². The molecular weight excluding hydrogens is 430 g/mol. The molecular formula is C26H33N5O3. The van der Waals surface area contributed by atoms with E-state index in [1.54, 1.807) is 0 Å². The highest BCUT2D eigenvalue weighted by Gasteiger charge is 2.35. The number of hydrogen-bond donors (Lipinski definition) is 3. The third kappa shape index (κ3) is 5.68. The lowest BCUT2D eigenvalue weighted by Gasteiger charge is -2.28. The van der Waals surface area contributed by atoms with Crippen molar-refractivity contribution in [3.63, 3.8) is 0 Å². The maximum absolute atomic E-state index is 13.0. The zero-order valence-electron chi connectivity index (χ0n) is 20.0. The minimum atomic E-state index is -0.917. The fourth-order valence-electron chi connectivity index (χ4n) is 4.26. The molecule has 3 aromatic rings. The Bertz CT molecular complexity index is 1080. The Kier molecular flexibility index (Phi) is 8.51. The minimum absolute atomic E-state index is 0.0825. The van der Waals surface area contributed by atoms with Gasteiger partial charge in [-0.15, -0.1) is 10.2 Å². The second-order valence-electron chi connectivity index (χ2n) is 8.68. The summed E-state index contributed by atoms with van der Waals surface area (Å²) in [6.07, 6.45) is 3.17. The normalized spacial score (nSPS) is 12.3. The van der Waals surface area contributed by atoms with Crippen LogP contribution in [0.25, 0.3) is 22.5 Å². The lowest BCUT2D eigenvalue weighted by atomic mass is 9.82. The van der Waals surface area contributed by atoms with E-state index in [4.69, 9.17) is 0 Å². The molecule has 0 saturated heterocycles. The van der Waals surface area contributed by atoms with Gasteiger partial charge in [-0.3, -0.25) is 9.59 Å². The number of amides is 1. The van der Waals surface area contributed by atoms with E-state index in [1.165, 1.54) is 0 Å². The maximum atomic E-state index is 13.0. The lowest BCUT2D eigenvalue weighted by molar-refractivity contribution is -0.149. The topological polar surface area (TPSA) is 121 Å². The third-order valence-corrected chi connectivity index (χ3v) is 6.68. The average molecular weight is 464 g/mol. The Morgan fingerprint density at radius 3 is 2.26 bits per heavy atom. The number of nitrogens with zero attached hydrogens (tertiary/aromatic N) is 3. The monoisotopic (exact) mass is 463 g/mol. The Balaban J connectivity index is 1.73. The maximum Gasteiger partial charge on any atom is 0.311 e. The second kappa shape index (κ2) is 11.5. The summed E-state index contributed by atoms with van der Waals surface area (Å²) in [4.78, 5) is 24.7. The number of benzene rings is 2. The van der Waals surface area contributed by atoms with Crippen LogP contribution in [0.5, 0.6) is 0 Å². The average Bonchev–Trinajstić information content (AvgIpc) is 3.40. The molecule has 0 aliphatic rings. The number of nitrogens with one attached hydrogen (secondary N) is 2. The molecule has 34 heavy (non-hydrogen) atoms. The first-order valence-corrected chi connectivity index (χ1v) is 11.9. The molecule has 1 aromatic heterocycles. The number of carbonyl (C=O) groups excluding carboxylic acids is 1. The summed E-state index contributed by atoms with van der Waals surface area (Å²) < 4.78 is 0. The smallest absolute Gasteiger partial charge is 0.311 e. The zero-order valence-corrected chi connectivity index (χ0v) is 20.0. The van der Waals surface area contributed by atoms with Gasteiger partial charge in [0.15, 0.2) is 0 Å². The largest absolute Gasteiger partial charge is 0.481 e. The van der Waals surface area contributed by atoms with Gasteiger partial charge in [-0.05, 0) is 47.6 Å². The Labute approximate surface area is 200 Å². The van der Waals surface area contributed by atoms with Crippen molar-refractivity contribution in [1.29, 1.82) is 0 Å². The van der Waals surface area contributed by atoms with Crippen molar-refractivity contribution in [3.8, 4) is 22.5 Å². The zero-order chi connectivity index (χ0) is 24.6. The second-order valence-corrected chi connectivity index (χ2v) is 8.68. The molecule has 0 saturated carbocycles. The van der Waals surface area contributed by atoms with Gasteiger partial charge in [-0.1, -0.05) is 75.7 Å². The van der Waals surface area contributed by atoms with Crippen LogP contribution < -0.4 is 5.32 Å². The van der Waals surface area contributed by atoms with E-state index in [0.717, 1.165) is 35.1 Å². The van der Waals surface area contributed by atoms with Gasteiger partial charge in [0.2, 0.25) is 11.7 Å². The number of aromatic amines is 1. The molecule has 0 bridgehead atoms. The number of carboxylic acids is 1. The highest BCUT2D eigenvalue weighted by atomic mass is 16.4. The Morgan fingerprint density at radius 1 is 1.03 bits per heavy atom. The van der Waals surface area contributed by atoms with E-state index >= 15 is 0 Å². The lowest BCUT2D eigenvalue weighted by Crippen LogP contribution is -2.44. The van der Waals surface area contributed by atoms with Crippen molar-refractivity contribution >= 4 is 11.9 Å². The first-order chi connectivity index (χ1) is 16.4. The number of aromatic nitrogens is 4. The van der Waals surface area contributed by atoms with Gasteiger partial charge in [-0.2, -0.15) is 5.21 Å². The molecule has 8 heteroatoms. The van der Waals surface area contributed by atoms with Gasteiger partial charge >= 0.3 is 5.97 Å². The van der Waals surface area contributed by atoms with Gasteiger partial charge in [0.05, 0.1) is 5.41 Å². The van der Waals surface area contributed by atoms with Crippen LogP contribution >= 0.6 is 0 Å². The van der Waals surface area contributed by atoms with Crippen LogP contribution in [-0.4, -0.2) is 44.2 Å². The molecule has 180 valence electrons. The molecule has 0 aliphatic heterocycles. The van der Waals surface area contributed by atoms with Gasteiger partial charge < -0.3 is 10.4 Å². The summed E-state index contributed by atoms with van der Waals surface area (Å²) in [5.74, 6) is -0.610. The molecule has 1 amide bonds. The predicted molar refractivity (Wildman–Crippen MR) is 131 cm³/mol. The molecule has 3 rings (SSSR count). The number of carbonyl (C=O) groups is 2. The predicted octanol–water partition coefficient (Wildman–Crippen LogP) is 4.50.